The number of ether oxygens (including phenoxy) is 1. The number of rotatable bonds is 2. The highest BCUT2D eigenvalue weighted by atomic mass is 79.9. The Bertz CT molecular complexity index is 483. The molecule has 1 aliphatic heterocycles. The van der Waals surface area contributed by atoms with Gasteiger partial charge in [0.25, 0.3) is 0 Å². The maximum Gasteiger partial charge on any atom is 0.410 e. The minimum atomic E-state index is -0.539. The Morgan fingerprint density at radius 1 is 1.55 bits per heavy atom. The lowest BCUT2D eigenvalue weighted by atomic mass is 9.97. The van der Waals surface area contributed by atoms with E-state index in [9.17, 15) is 9.90 Å². The number of amides is 1. The third-order valence-corrected chi connectivity index (χ3v) is 5.04. The number of likely N-dealkylation sites (tertiary alicyclic amines) is 1. The van der Waals surface area contributed by atoms with Crippen molar-refractivity contribution in [2.24, 2.45) is 5.92 Å². The van der Waals surface area contributed by atoms with Crippen LogP contribution in [0.5, 0.6) is 0 Å². The molecule has 2 atom stereocenters. The van der Waals surface area contributed by atoms with Gasteiger partial charge < -0.3 is 14.7 Å². The number of hydrogen-bond donors (Lipinski definition) is 1. The SMILES string of the molecule is CC(C)(C)OC(=O)N1CCC(C(O)c2cscc2Br)C1. The summed E-state index contributed by atoms with van der Waals surface area (Å²) in [6.45, 7) is 6.75. The average molecular weight is 362 g/mol. The number of carbonyl (C=O) groups is 1. The Balaban J connectivity index is 1.95. The molecule has 112 valence electrons. The first-order valence-corrected chi connectivity index (χ1v) is 8.39. The second kappa shape index (κ2) is 6.03. The smallest absolute Gasteiger partial charge is 0.410 e. The summed E-state index contributed by atoms with van der Waals surface area (Å²) in [6, 6.07) is 0. The number of hydrogen-bond acceptors (Lipinski definition) is 4. The second-order valence-corrected chi connectivity index (χ2v) is 7.69. The summed E-state index contributed by atoms with van der Waals surface area (Å²) < 4.78 is 6.30. The Hall–Kier alpha value is -0.590. The Morgan fingerprint density at radius 3 is 2.80 bits per heavy atom. The third-order valence-electron chi connectivity index (χ3n) is 3.28. The molecule has 2 heterocycles. The lowest BCUT2D eigenvalue weighted by Crippen LogP contribution is -2.35. The Kier molecular flexibility index (Phi) is 4.76. The van der Waals surface area contributed by atoms with Crippen LogP contribution in [0, 0.1) is 5.92 Å². The van der Waals surface area contributed by atoms with Crippen LogP contribution in [0.2, 0.25) is 0 Å². The van der Waals surface area contributed by atoms with Crippen molar-refractivity contribution in [3.05, 3.63) is 20.8 Å². The molecular formula is C14H20BrNO3S. The average Bonchev–Trinajstić information content (AvgIpc) is 2.94. The van der Waals surface area contributed by atoms with Gasteiger partial charge in [-0.15, -0.1) is 0 Å². The van der Waals surface area contributed by atoms with Gasteiger partial charge in [0, 0.05) is 34.4 Å². The predicted octanol–water partition coefficient (Wildman–Crippen LogP) is 3.80. The quantitative estimate of drug-likeness (QED) is 0.871. The standard InChI is InChI=1S/C14H20BrNO3S/c1-14(2,3)19-13(18)16-5-4-9(6-16)12(17)10-7-20-8-11(10)15/h7-9,12,17H,4-6H2,1-3H3. The van der Waals surface area contributed by atoms with Crippen LogP contribution in [0.4, 0.5) is 4.79 Å². The maximum absolute atomic E-state index is 12.0. The maximum atomic E-state index is 12.0. The van der Waals surface area contributed by atoms with Crippen LogP contribution in [0.15, 0.2) is 15.2 Å². The lowest BCUT2D eigenvalue weighted by molar-refractivity contribution is 0.0268. The van der Waals surface area contributed by atoms with E-state index in [1.807, 2.05) is 31.5 Å². The molecule has 1 fully saturated rings. The monoisotopic (exact) mass is 361 g/mol. The highest BCUT2D eigenvalue weighted by Crippen LogP contribution is 2.36. The summed E-state index contributed by atoms with van der Waals surface area (Å²) in [5, 5.41) is 14.3. The van der Waals surface area contributed by atoms with Crippen LogP contribution < -0.4 is 0 Å². The Labute approximate surface area is 131 Å². The molecule has 20 heavy (non-hydrogen) atoms. The minimum Gasteiger partial charge on any atom is -0.444 e. The van der Waals surface area contributed by atoms with Crippen molar-refractivity contribution in [1.29, 1.82) is 0 Å². The highest BCUT2D eigenvalue weighted by Gasteiger charge is 2.34. The van der Waals surface area contributed by atoms with E-state index < -0.39 is 11.7 Å². The number of halogens is 1. The molecule has 0 aliphatic carbocycles. The first-order valence-electron chi connectivity index (χ1n) is 6.65. The van der Waals surface area contributed by atoms with Crippen LogP contribution in [-0.4, -0.2) is 34.8 Å². The van der Waals surface area contributed by atoms with E-state index in [-0.39, 0.29) is 12.0 Å². The summed E-state index contributed by atoms with van der Waals surface area (Å²) in [5.74, 6) is 0.0634. The van der Waals surface area contributed by atoms with E-state index in [2.05, 4.69) is 15.9 Å². The fourth-order valence-corrected chi connectivity index (χ4v) is 3.85. The summed E-state index contributed by atoms with van der Waals surface area (Å²) in [5.41, 5.74) is 0.426. The molecule has 1 saturated heterocycles. The van der Waals surface area contributed by atoms with Crippen molar-refractivity contribution in [2.45, 2.75) is 38.9 Å². The first kappa shape index (κ1) is 15.8. The molecule has 1 aromatic heterocycles. The van der Waals surface area contributed by atoms with Crippen molar-refractivity contribution in [3.63, 3.8) is 0 Å². The molecule has 2 rings (SSSR count). The van der Waals surface area contributed by atoms with Gasteiger partial charge in [0.15, 0.2) is 0 Å². The van der Waals surface area contributed by atoms with Gasteiger partial charge in [0.2, 0.25) is 0 Å². The summed E-state index contributed by atoms with van der Waals surface area (Å²) >= 11 is 5.00. The van der Waals surface area contributed by atoms with E-state index in [0.717, 1.165) is 16.5 Å². The Morgan fingerprint density at radius 2 is 2.25 bits per heavy atom. The molecule has 0 aromatic carbocycles. The molecule has 1 aromatic rings. The van der Waals surface area contributed by atoms with E-state index in [1.54, 1.807) is 16.2 Å². The van der Waals surface area contributed by atoms with Gasteiger partial charge in [-0.1, -0.05) is 0 Å². The summed E-state index contributed by atoms with van der Waals surface area (Å²) in [4.78, 5) is 13.7. The first-order chi connectivity index (χ1) is 9.28. The molecule has 0 radical (unpaired) electrons. The molecule has 0 bridgehead atoms. The highest BCUT2D eigenvalue weighted by molar-refractivity contribution is 9.10. The number of thiophene rings is 1. The summed E-state index contributed by atoms with van der Waals surface area (Å²) in [7, 11) is 0. The zero-order chi connectivity index (χ0) is 14.9. The molecule has 0 spiro atoms. The van der Waals surface area contributed by atoms with E-state index in [4.69, 9.17) is 4.74 Å². The zero-order valence-electron chi connectivity index (χ0n) is 11.9. The molecule has 4 nitrogen and oxygen atoms in total. The van der Waals surface area contributed by atoms with Crippen molar-refractivity contribution < 1.29 is 14.6 Å². The molecular weight excluding hydrogens is 342 g/mol. The van der Waals surface area contributed by atoms with E-state index >= 15 is 0 Å². The van der Waals surface area contributed by atoms with Gasteiger partial charge in [-0.2, -0.15) is 11.3 Å². The number of aliphatic hydroxyl groups excluding tert-OH is 1. The van der Waals surface area contributed by atoms with Crippen LogP contribution >= 0.6 is 27.3 Å². The van der Waals surface area contributed by atoms with E-state index in [1.165, 1.54) is 0 Å². The van der Waals surface area contributed by atoms with Crippen molar-refractivity contribution >= 4 is 33.4 Å². The van der Waals surface area contributed by atoms with Crippen molar-refractivity contribution in [1.82, 2.24) is 4.90 Å². The van der Waals surface area contributed by atoms with Crippen LogP contribution in [0.25, 0.3) is 0 Å². The molecule has 1 aliphatic rings. The third kappa shape index (κ3) is 3.74. The molecule has 1 amide bonds. The van der Waals surface area contributed by atoms with Crippen molar-refractivity contribution in [3.8, 4) is 0 Å². The van der Waals surface area contributed by atoms with Crippen LogP contribution in [0.1, 0.15) is 38.9 Å². The lowest BCUT2D eigenvalue weighted by Gasteiger charge is -2.25. The molecule has 2 unspecified atom stereocenters. The number of aliphatic hydroxyl groups is 1. The fourth-order valence-electron chi connectivity index (χ4n) is 2.29. The number of carbonyl (C=O) groups excluding carboxylic acids is 1. The minimum absolute atomic E-state index is 0.0634. The normalized spacial score (nSPS) is 21.1. The molecule has 0 saturated carbocycles. The van der Waals surface area contributed by atoms with Gasteiger partial charge in [-0.05, 0) is 48.5 Å². The fraction of sp³-hybridized carbons (Fsp3) is 0.643. The van der Waals surface area contributed by atoms with Gasteiger partial charge in [0.1, 0.15) is 5.60 Å². The van der Waals surface area contributed by atoms with Gasteiger partial charge in [-0.25, -0.2) is 4.79 Å². The van der Waals surface area contributed by atoms with Gasteiger partial charge in [0.05, 0.1) is 6.10 Å². The van der Waals surface area contributed by atoms with Crippen LogP contribution in [-0.2, 0) is 4.74 Å². The molecule has 6 heteroatoms. The second-order valence-electron chi connectivity index (χ2n) is 6.10. The van der Waals surface area contributed by atoms with Gasteiger partial charge >= 0.3 is 6.09 Å². The summed E-state index contributed by atoms with van der Waals surface area (Å²) in [6.07, 6.45) is -0.0393. The van der Waals surface area contributed by atoms with Gasteiger partial charge in [-0.3, -0.25) is 0 Å². The molecule has 1 N–H and O–H groups in total. The topological polar surface area (TPSA) is 49.8 Å². The van der Waals surface area contributed by atoms with E-state index in [0.29, 0.717) is 13.1 Å². The zero-order valence-corrected chi connectivity index (χ0v) is 14.3. The predicted molar refractivity (Wildman–Crippen MR) is 82.9 cm³/mol. The van der Waals surface area contributed by atoms with Crippen molar-refractivity contribution in [2.75, 3.05) is 13.1 Å². The largest absolute Gasteiger partial charge is 0.444 e. The number of nitrogens with zero attached hydrogens (tertiary/aromatic N) is 1. The van der Waals surface area contributed by atoms with Crippen LogP contribution in [0.3, 0.4) is 0 Å².